The van der Waals surface area contributed by atoms with Crippen LogP contribution in [0.25, 0.3) is 11.3 Å². The number of aromatic nitrogens is 1. The van der Waals surface area contributed by atoms with E-state index in [1.807, 2.05) is 31.2 Å². The van der Waals surface area contributed by atoms with E-state index in [0.29, 0.717) is 10.7 Å². The Bertz CT molecular complexity index is 520. The maximum atomic E-state index is 10.7. The van der Waals surface area contributed by atoms with E-state index in [0.717, 1.165) is 17.5 Å². The van der Waals surface area contributed by atoms with Gasteiger partial charge < -0.3 is 0 Å². The van der Waals surface area contributed by atoms with Gasteiger partial charge in [-0.3, -0.25) is 4.79 Å². The minimum absolute atomic E-state index is 0.333. The molecule has 80 valence electrons. The first kappa shape index (κ1) is 10.8. The highest BCUT2D eigenvalue weighted by Crippen LogP contribution is 2.21. The number of carbonyl (C=O) groups excluding carboxylic acids is 1. The third-order valence-corrected chi connectivity index (χ3v) is 2.49. The van der Waals surface area contributed by atoms with Crippen LogP contribution in [0.4, 0.5) is 0 Å². The van der Waals surface area contributed by atoms with Gasteiger partial charge in [-0.15, -0.1) is 0 Å². The molecule has 0 saturated carbocycles. The van der Waals surface area contributed by atoms with Crippen LogP contribution in [-0.4, -0.2) is 11.3 Å². The monoisotopic (exact) mass is 231 g/mol. The normalized spacial score (nSPS) is 10.1. The number of nitrogens with zero attached hydrogens (tertiary/aromatic N) is 1. The Balaban J connectivity index is 2.51. The second-order valence-electron chi connectivity index (χ2n) is 3.59. The Kier molecular flexibility index (Phi) is 3.02. The molecule has 0 radical (unpaired) electrons. The first-order valence-corrected chi connectivity index (χ1v) is 5.26. The minimum atomic E-state index is 0.333. The van der Waals surface area contributed by atoms with E-state index in [4.69, 9.17) is 11.6 Å². The van der Waals surface area contributed by atoms with Crippen LogP contribution in [-0.2, 0) is 0 Å². The van der Waals surface area contributed by atoms with Crippen LogP contribution in [0.1, 0.15) is 15.9 Å². The summed E-state index contributed by atoms with van der Waals surface area (Å²) in [6, 6.07) is 11.2. The molecule has 0 N–H and O–H groups in total. The molecule has 0 bridgehead atoms. The molecular weight excluding hydrogens is 222 g/mol. The van der Waals surface area contributed by atoms with Crippen molar-refractivity contribution in [2.45, 2.75) is 6.92 Å². The highest BCUT2D eigenvalue weighted by Gasteiger charge is 2.03. The zero-order valence-electron chi connectivity index (χ0n) is 8.77. The van der Waals surface area contributed by atoms with Crippen LogP contribution in [0.5, 0.6) is 0 Å². The average Bonchev–Trinajstić information content (AvgIpc) is 2.29. The molecule has 0 fully saturated rings. The standard InChI is InChI=1S/C13H10ClNO/c1-9-2-4-11(5-3-9)12-6-10(8-16)7-13(14)15-12/h2-8H,1H3. The van der Waals surface area contributed by atoms with Crippen molar-refractivity contribution in [2.24, 2.45) is 0 Å². The van der Waals surface area contributed by atoms with Crippen LogP contribution >= 0.6 is 11.6 Å². The van der Waals surface area contributed by atoms with Gasteiger partial charge in [0.25, 0.3) is 0 Å². The summed E-state index contributed by atoms with van der Waals surface area (Å²) >= 11 is 5.84. The van der Waals surface area contributed by atoms with Crippen LogP contribution in [0, 0.1) is 6.92 Å². The van der Waals surface area contributed by atoms with Gasteiger partial charge >= 0.3 is 0 Å². The molecule has 0 aliphatic carbocycles. The van der Waals surface area contributed by atoms with Gasteiger partial charge in [-0.25, -0.2) is 4.98 Å². The van der Waals surface area contributed by atoms with E-state index >= 15 is 0 Å². The molecule has 0 unspecified atom stereocenters. The number of halogens is 1. The Morgan fingerprint density at radius 3 is 2.50 bits per heavy atom. The maximum Gasteiger partial charge on any atom is 0.150 e. The maximum absolute atomic E-state index is 10.7. The lowest BCUT2D eigenvalue weighted by Crippen LogP contribution is -1.88. The second kappa shape index (κ2) is 4.45. The van der Waals surface area contributed by atoms with Crippen LogP contribution in [0.3, 0.4) is 0 Å². The molecule has 2 aromatic rings. The molecule has 0 spiro atoms. The van der Waals surface area contributed by atoms with Crippen LogP contribution in [0.2, 0.25) is 5.15 Å². The molecule has 3 heteroatoms. The molecule has 0 aliphatic heterocycles. The van der Waals surface area contributed by atoms with E-state index in [9.17, 15) is 4.79 Å². The van der Waals surface area contributed by atoms with Crippen molar-refractivity contribution in [3.8, 4) is 11.3 Å². The molecule has 2 nitrogen and oxygen atoms in total. The molecule has 0 atom stereocenters. The molecule has 0 saturated heterocycles. The number of rotatable bonds is 2. The van der Waals surface area contributed by atoms with E-state index in [1.165, 1.54) is 5.56 Å². The second-order valence-corrected chi connectivity index (χ2v) is 3.98. The highest BCUT2D eigenvalue weighted by molar-refractivity contribution is 6.29. The van der Waals surface area contributed by atoms with E-state index in [1.54, 1.807) is 12.1 Å². The third kappa shape index (κ3) is 2.28. The van der Waals surface area contributed by atoms with E-state index in [2.05, 4.69) is 4.98 Å². The molecule has 1 heterocycles. The van der Waals surface area contributed by atoms with Gasteiger partial charge in [-0.2, -0.15) is 0 Å². The lowest BCUT2D eigenvalue weighted by Gasteiger charge is -2.03. The molecule has 2 rings (SSSR count). The fraction of sp³-hybridized carbons (Fsp3) is 0.0769. The molecule has 0 aliphatic rings. The summed E-state index contributed by atoms with van der Waals surface area (Å²) in [5.74, 6) is 0. The molecular formula is C13H10ClNO. The third-order valence-electron chi connectivity index (χ3n) is 2.30. The number of hydrogen-bond donors (Lipinski definition) is 0. The molecule has 1 aromatic heterocycles. The van der Waals surface area contributed by atoms with Crippen molar-refractivity contribution in [2.75, 3.05) is 0 Å². The molecule has 0 amide bonds. The number of aldehydes is 1. The first-order valence-electron chi connectivity index (χ1n) is 4.89. The first-order chi connectivity index (χ1) is 7.69. The predicted molar refractivity (Wildman–Crippen MR) is 64.8 cm³/mol. The van der Waals surface area contributed by atoms with E-state index in [-0.39, 0.29) is 0 Å². The molecule has 16 heavy (non-hydrogen) atoms. The summed E-state index contributed by atoms with van der Waals surface area (Å²) in [6.07, 6.45) is 0.769. The number of pyridine rings is 1. The van der Waals surface area contributed by atoms with Gasteiger partial charge in [0.15, 0.2) is 0 Å². The largest absolute Gasteiger partial charge is 0.298 e. The lowest BCUT2D eigenvalue weighted by molar-refractivity contribution is 0.112. The van der Waals surface area contributed by atoms with Gasteiger partial charge in [0.05, 0.1) is 5.69 Å². The fourth-order valence-corrected chi connectivity index (χ4v) is 1.67. The average molecular weight is 232 g/mol. The summed E-state index contributed by atoms with van der Waals surface area (Å²) in [4.78, 5) is 14.9. The van der Waals surface area contributed by atoms with Crippen molar-refractivity contribution in [1.29, 1.82) is 0 Å². The smallest absolute Gasteiger partial charge is 0.150 e. The summed E-state index contributed by atoms with van der Waals surface area (Å²) < 4.78 is 0. The summed E-state index contributed by atoms with van der Waals surface area (Å²) in [6.45, 7) is 2.02. The van der Waals surface area contributed by atoms with Crippen molar-refractivity contribution in [1.82, 2.24) is 4.98 Å². The summed E-state index contributed by atoms with van der Waals surface area (Å²) in [5.41, 5.74) is 3.39. The summed E-state index contributed by atoms with van der Waals surface area (Å²) in [5, 5.41) is 0.333. The van der Waals surface area contributed by atoms with Crippen molar-refractivity contribution >= 4 is 17.9 Å². The number of benzene rings is 1. The quantitative estimate of drug-likeness (QED) is 0.585. The lowest BCUT2D eigenvalue weighted by atomic mass is 10.1. The zero-order chi connectivity index (χ0) is 11.5. The predicted octanol–water partition coefficient (Wildman–Crippen LogP) is 3.52. The van der Waals surface area contributed by atoms with Gasteiger partial charge in [0.1, 0.15) is 11.4 Å². The van der Waals surface area contributed by atoms with Crippen molar-refractivity contribution < 1.29 is 4.79 Å². The van der Waals surface area contributed by atoms with E-state index < -0.39 is 0 Å². The number of hydrogen-bond acceptors (Lipinski definition) is 2. The van der Waals surface area contributed by atoms with Gasteiger partial charge in [-0.1, -0.05) is 41.4 Å². The van der Waals surface area contributed by atoms with Crippen LogP contribution in [0.15, 0.2) is 36.4 Å². The zero-order valence-corrected chi connectivity index (χ0v) is 9.53. The van der Waals surface area contributed by atoms with Gasteiger partial charge in [-0.05, 0) is 19.1 Å². The number of carbonyl (C=O) groups is 1. The Hall–Kier alpha value is -1.67. The Morgan fingerprint density at radius 1 is 1.19 bits per heavy atom. The van der Waals surface area contributed by atoms with Crippen molar-refractivity contribution in [3.63, 3.8) is 0 Å². The Labute approximate surface area is 98.9 Å². The topological polar surface area (TPSA) is 30.0 Å². The minimum Gasteiger partial charge on any atom is -0.298 e. The Morgan fingerprint density at radius 2 is 1.88 bits per heavy atom. The fourth-order valence-electron chi connectivity index (χ4n) is 1.46. The SMILES string of the molecule is Cc1ccc(-c2cc(C=O)cc(Cl)n2)cc1. The van der Waals surface area contributed by atoms with Gasteiger partial charge in [0.2, 0.25) is 0 Å². The summed E-state index contributed by atoms with van der Waals surface area (Å²) in [7, 11) is 0. The number of aryl methyl sites for hydroxylation is 1. The highest BCUT2D eigenvalue weighted by atomic mass is 35.5. The van der Waals surface area contributed by atoms with Gasteiger partial charge in [0, 0.05) is 11.1 Å². The van der Waals surface area contributed by atoms with Crippen LogP contribution < -0.4 is 0 Å². The van der Waals surface area contributed by atoms with Crippen molar-refractivity contribution in [3.05, 3.63) is 52.7 Å². The molecule has 1 aromatic carbocycles.